The number of rotatable bonds is 6. The van der Waals surface area contributed by atoms with E-state index in [-0.39, 0.29) is 29.1 Å². The highest BCUT2D eigenvalue weighted by atomic mass is 127. The third-order valence-electron chi connectivity index (χ3n) is 8.55. The van der Waals surface area contributed by atoms with Gasteiger partial charge in [-0.15, -0.1) is 0 Å². The number of nitrogens with zero attached hydrogens (tertiary/aromatic N) is 4. The summed E-state index contributed by atoms with van der Waals surface area (Å²) in [4.78, 5) is 37.6. The number of fused-ring (bicyclic) bond motifs is 2. The zero-order valence-corrected chi connectivity index (χ0v) is 27.0. The van der Waals surface area contributed by atoms with Crippen molar-refractivity contribution in [3.8, 4) is 0 Å². The number of thioether (sulfide) groups is 1. The molecule has 2 fully saturated rings. The molecule has 2 aromatic carbocycles. The van der Waals surface area contributed by atoms with Crippen LogP contribution < -0.4 is 5.73 Å². The quantitative estimate of drug-likeness (QED) is 0.221. The highest BCUT2D eigenvalue weighted by Crippen LogP contribution is 2.49. The van der Waals surface area contributed by atoms with Crippen LogP contribution in [0.2, 0.25) is 5.02 Å². The van der Waals surface area contributed by atoms with Crippen LogP contribution in [-0.4, -0.2) is 48.7 Å². The van der Waals surface area contributed by atoms with E-state index < -0.39 is 0 Å². The number of hydrogen-bond donors (Lipinski definition) is 2. The zero-order chi connectivity index (χ0) is 29.8. The first kappa shape index (κ1) is 28.5. The molecule has 0 radical (unpaired) electrons. The predicted molar refractivity (Wildman–Crippen MR) is 178 cm³/mol. The number of aryl methyl sites for hydroxylation is 1. The topological polar surface area (TPSA) is 117 Å². The van der Waals surface area contributed by atoms with E-state index in [0.29, 0.717) is 35.6 Å². The van der Waals surface area contributed by atoms with Gasteiger partial charge in [-0.3, -0.25) is 19.7 Å². The Balaban J connectivity index is 1.27. The largest absolute Gasteiger partial charge is 0.369 e. The molecule has 11 heteroatoms. The zero-order valence-electron chi connectivity index (χ0n) is 23.3. The van der Waals surface area contributed by atoms with Gasteiger partial charge in [-0.05, 0) is 113 Å². The Morgan fingerprint density at radius 3 is 2.77 bits per heavy atom. The number of halogens is 2. The van der Waals surface area contributed by atoms with Gasteiger partial charge in [0.25, 0.3) is 5.91 Å². The maximum atomic E-state index is 13.9. The molecule has 218 valence electrons. The second-order valence-corrected chi connectivity index (χ2v) is 14.1. The Morgan fingerprint density at radius 2 is 1.98 bits per heavy atom. The molecule has 2 amide bonds. The Bertz CT molecular complexity index is 1850. The van der Waals surface area contributed by atoms with Gasteiger partial charge in [-0.1, -0.05) is 41.6 Å². The molecule has 3 aliphatic heterocycles. The number of amides is 2. The van der Waals surface area contributed by atoms with Crippen molar-refractivity contribution >= 4 is 73.8 Å². The van der Waals surface area contributed by atoms with Gasteiger partial charge in [0.2, 0.25) is 5.91 Å². The molecule has 2 aromatic heterocycles. The molecular formula is C32H28ClIN6O2S. The van der Waals surface area contributed by atoms with Crippen molar-refractivity contribution in [3.63, 3.8) is 0 Å². The number of hydrogen-bond acceptors (Lipinski definition) is 6. The number of carbonyl (C=O) groups is 2. The number of aliphatic imine (C=N–C) groups is 1. The SMILES string of the molecule is Cc1[nH]nc2ncc(C(=O)N3CCC[C@H]3c3ccc(Cl)cc3C3N=C4SC(C(N)=O)CC4=C3Cc3ccc(I)cc3)cc12. The van der Waals surface area contributed by atoms with Gasteiger partial charge in [0, 0.05) is 32.4 Å². The number of pyridine rings is 1. The average molecular weight is 723 g/mol. The predicted octanol–water partition coefficient (Wildman–Crippen LogP) is 6.48. The van der Waals surface area contributed by atoms with E-state index >= 15 is 0 Å². The van der Waals surface area contributed by atoms with Crippen LogP contribution in [0.3, 0.4) is 0 Å². The maximum Gasteiger partial charge on any atom is 0.255 e. The number of benzene rings is 2. The van der Waals surface area contributed by atoms with E-state index in [1.807, 2.05) is 30.0 Å². The van der Waals surface area contributed by atoms with Crippen molar-refractivity contribution in [3.05, 3.63) is 102 Å². The van der Waals surface area contributed by atoms with Gasteiger partial charge in [0.05, 0.1) is 27.9 Å². The van der Waals surface area contributed by atoms with Gasteiger partial charge < -0.3 is 10.6 Å². The number of aromatic nitrogens is 3. The number of primary amides is 1. The number of H-pyrrole nitrogens is 1. The minimum atomic E-state index is -0.318. The van der Waals surface area contributed by atoms with Crippen LogP contribution in [-0.2, 0) is 11.2 Å². The van der Waals surface area contributed by atoms with Crippen LogP contribution in [0.4, 0.5) is 0 Å². The first-order chi connectivity index (χ1) is 20.8. The van der Waals surface area contributed by atoms with Crippen molar-refractivity contribution in [2.24, 2.45) is 10.7 Å². The van der Waals surface area contributed by atoms with Crippen molar-refractivity contribution in [2.75, 3.05) is 6.54 Å². The first-order valence-electron chi connectivity index (χ1n) is 14.2. The summed E-state index contributed by atoms with van der Waals surface area (Å²) in [6.45, 7) is 2.58. The van der Waals surface area contributed by atoms with E-state index in [9.17, 15) is 9.59 Å². The lowest BCUT2D eigenvalue weighted by Gasteiger charge is -2.29. The monoisotopic (exact) mass is 722 g/mol. The fourth-order valence-electron chi connectivity index (χ4n) is 6.42. The summed E-state index contributed by atoms with van der Waals surface area (Å²) in [7, 11) is 0. The Morgan fingerprint density at radius 1 is 1.16 bits per heavy atom. The lowest BCUT2D eigenvalue weighted by molar-refractivity contribution is -0.117. The van der Waals surface area contributed by atoms with E-state index in [0.717, 1.165) is 51.2 Å². The average Bonchev–Trinajstić information content (AvgIpc) is 3.78. The van der Waals surface area contributed by atoms with Crippen LogP contribution >= 0.6 is 46.0 Å². The smallest absolute Gasteiger partial charge is 0.255 e. The molecule has 3 aliphatic rings. The number of aromatic amines is 1. The molecule has 0 bridgehead atoms. The second kappa shape index (κ2) is 11.4. The Hall–Kier alpha value is -3.22. The molecule has 3 N–H and O–H groups in total. The molecule has 2 saturated heterocycles. The molecular weight excluding hydrogens is 695 g/mol. The molecule has 7 rings (SSSR count). The Labute approximate surface area is 271 Å². The summed E-state index contributed by atoms with van der Waals surface area (Å²) in [5.41, 5.74) is 13.2. The fraction of sp³-hybridized carbons (Fsp3) is 0.281. The second-order valence-electron chi connectivity index (χ2n) is 11.2. The van der Waals surface area contributed by atoms with Gasteiger partial charge >= 0.3 is 0 Å². The molecule has 0 aliphatic carbocycles. The van der Waals surface area contributed by atoms with Gasteiger partial charge in [0.15, 0.2) is 5.65 Å². The highest BCUT2D eigenvalue weighted by Gasteiger charge is 2.41. The maximum absolute atomic E-state index is 13.9. The van der Waals surface area contributed by atoms with Crippen molar-refractivity contribution in [1.82, 2.24) is 20.1 Å². The van der Waals surface area contributed by atoms with E-state index in [1.165, 1.54) is 20.9 Å². The molecule has 4 aromatic rings. The first-order valence-corrected chi connectivity index (χ1v) is 16.5. The summed E-state index contributed by atoms with van der Waals surface area (Å²) in [5.74, 6) is -0.369. The van der Waals surface area contributed by atoms with Crippen LogP contribution in [0.1, 0.15) is 64.1 Å². The van der Waals surface area contributed by atoms with Crippen LogP contribution in [0.15, 0.2) is 70.9 Å². The molecule has 0 spiro atoms. The minimum absolute atomic E-state index is 0.0506. The molecule has 3 atom stereocenters. The normalized spacial score (nSPS) is 21.5. The summed E-state index contributed by atoms with van der Waals surface area (Å²) >= 11 is 10.4. The fourth-order valence-corrected chi connectivity index (χ4v) is 8.12. The van der Waals surface area contributed by atoms with E-state index in [4.69, 9.17) is 22.3 Å². The van der Waals surface area contributed by atoms with Crippen molar-refractivity contribution < 1.29 is 9.59 Å². The van der Waals surface area contributed by atoms with Crippen LogP contribution in [0, 0.1) is 10.5 Å². The van der Waals surface area contributed by atoms with Gasteiger partial charge in [0.1, 0.15) is 0 Å². The van der Waals surface area contributed by atoms with Gasteiger partial charge in [-0.25, -0.2) is 4.98 Å². The molecule has 5 heterocycles. The summed E-state index contributed by atoms with van der Waals surface area (Å²) < 4.78 is 1.17. The third-order valence-corrected chi connectivity index (χ3v) is 10.8. The van der Waals surface area contributed by atoms with Crippen molar-refractivity contribution in [1.29, 1.82) is 0 Å². The third kappa shape index (κ3) is 5.27. The number of likely N-dealkylation sites (tertiary alicyclic amines) is 1. The molecule has 8 nitrogen and oxygen atoms in total. The lowest BCUT2D eigenvalue weighted by atomic mass is 9.86. The minimum Gasteiger partial charge on any atom is -0.369 e. The van der Waals surface area contributed by atoms with Crippen LogP contribution in [0.25, 0.3) is 11.0 Å². The number of nitrogens with two attached hydrogens (primary N) is 1. The highest BCUT2D eigenvalue weighted by molar-refractivity contribution is 14.1. The van der Waals surface area contributed by atoms with Crippen molar-refractivity contribution in [2.45, 2.75) is 49.9 Å². The summed E-state index contributed by atoms with van der Waals surface area (Å²) in [5, 5.41) is 9.19. The molecule has 43 heavy (non-hydrogen) atoms. The number of carbonyl (C=O) groups excluding carboxylic acids is 2. The summed E-state index contributed by atoms with van der Waals surface area (Å²) in [6.07, 6.45) is 4.62. The summed E-state index contributed by atoms with van der Waals surface area (Å²) in [6, 6.07) is 15.9. The van der Waals surface area contributed by atoms with E-state index in [1.54, 1.807) is 6.20 Å². The molecule has 2 unspecified atom stereocenters. The lowest BCUT2D eigenvalue weighted by Crippen LogP contribution is -2.31. The Kier molecular flexibility index (Phi) is 7.55. The van der Waals surface area contributed by atoms with E-state index in [2.05, 4.69) is 68.1 Å². The number of nitrogens with one attached hydrogen (secondary N) is 1. The standard InChI is InChI=1S/C32H28ClIN6O2S/c1-16-22-12-18(15-36-30(22)39-38-16)32(42)40-10-2-3-26(40)21-9-6-19(33)13-24(21)28-23(11-17-4-7-20(34)8-5-17)25-14-27(29(35)41)43-31(25)37-28/h4-9,12-13,15,26-28H,2-3,10-11,14H2,1H3,(H2,35,41)(H,36,38,39)/t26-,27?,28?/m0/s1. The van der Waals surface area contributed by atoms with Crippen LogP contribution in [0.5, 0.6) is 0 Å². The molecule has 0 saturated carbocycles. The van der Waals surface area contributed by atoms with Gasteiger partial charge in [-0.2, -0.15) is 5.10 Å².